The molecule has 1 aromatic rings. The summed E-state index contributed by atoms with van der Waals surface area (Å²) in [5.41, 5.74) is -0.423. The van der Waals surface area contributed by atoms with Crippen molar-refractivity contribution >= 4 is 17.9 Å². The van der Waals surface area contributed by atoms with E-state index < -0.39 is 28.5 Å². The zero-order valence-electron chi connectivity index (χ0n) is 22.0. The number of ether oxygens (including phenoxy) is 3. The molecule has 4 rings (SSSR count). The molecule has 1 N–H and O–H groups in total. The van der Waals surface area contributed by atoms with Crippen LogP contribution in [0.2, 0.25) is 0 Å². The van der Waals surface area contributed by atoms with E-state index in [0.717, 1.165) is 30.4 Å². The van der Waals surface area contributed by atoms with Gasteiger partial charge in [0.05, 0.1) is 12.5 Å². The normalized spacial score (nSPS) is 32.6. The maximum absolute atomic E-state index is 12.5. The van der Waals surface area contributed by atoms with Gasteiger partial charge in [0.25, 0.3) is 0 Å². The van der Waals surface area contributed by atoms with Crippen molar-refractivity contribution < 1.29 is 33.7 Å². The van der Waals surface area contributed by atoms with Crippen LogP contribution in [0.5, 0.6) is 5.75 Å². The lowest BCUT2D eigenvalue weighted by atomic mass is 9.53. The van der Waals surface area contributed by atoms with E-state index in [-0.39, 0.29) is 29.7 Å². The Morgan fingerprint density at radius 3 is 2.47 bits per heavy atom. The standard InChI is InChI=1S/C29H36O7/c1-17(30)35-24-16-21-20(19-8-7-18(15-22(19)24)36-26(32)27(2,3)4)9-12-28(5)23(21)10-13-29(28,33)14-11-25(31)34-6/h7-8,15,20-21,23-24,33H,9-10,12-13,16H2,1-6H3/t20-,21-,23+,24-,28+,29-/m1/s1. The average Bonchev–Trinajstić information content (AvgIpc) is 3.07. The number of carbonyl (C=O) groups is 3. The predicted octanol–water partition coefficient (Wildman–Crippen LogP) is 4.46. The molecule has 3 aliphatic carbocycles. The third-order valence-corrected chi connectivity index (χ3v) is 8.57. The maximum Gasteiger partial charge on any atom is 0.384 e. The first-order valence-corrected chi connectivity index (χ1v) is 12.7. The highest BCUT2D eigenvalue weighted by Gasteiger charge is 2.62. The molecule has 194 valence electrons. The van der Waals surface area contributed by atoms with E-state index in [9.17, 15) is 19.5 Å². The molecule has 0 aliphatic heterocycles. The van der Waals surface area contributed by atoms with Crippen LogP contribution in [0.25, 0.3) is 0 Å². The van der Waals surface area contributed by atoms with Crippen LogP contribution in [0, 0.1) is 34.5 Å². The van der Waals surface area contributed by atoms with Crippen LogP contribution in [-0.2, 0) is 23.9 Å². The van der Waals surface area contributed by atoms with Crippen LogP contribution in [0.1, 0.15) is 89.9 Å². The number of hydrogen-bond donors (Lipinski definition) is 1. The molecule has 0 spiro atoms. The summed E-state index contributed by atoms with van der Waals surface area (Å²) in [6, 6.07) is 5.65. The SMILES string of the molecule is COC(=O)C#C[C@]1(O)CC[C@H]2[C@@H]3C[C@@H](OC(C)=O)c4cc(OC(=O)C(C)(C)C)ccc4[C@H]3CC[C@@]21C. The molecule has 0 amide bonds. The van der Waals surface area contributed by atoms with E-state index in [1.165, 1.54) is 14.0 Å². The lowest BCUT2D eigenvalue weighted by Gasteiger charge is -2.53. The summed E-state index contributed by atoms with van der Waals surface area (Å²) in [6.07, 6.45) is 2.99. The van der Waals surface area contributed by atoms with Crippen molar-refractivity contribution in [2.75, 3.05) is 7.11 Å². The number of carbonyl (C=O) groups excluding carboxylic acids is 3. The molecule has 7 nitrogen and oxygen atoms in total. The zero-order valence-corrected chi connectivity index (χ0v) is 22.0. The van der Waals surface area contributed by atoms with Crippen molar-refractivity contribution in [3.05, 3.63) is 29.3 Å². The Morgan fingerprint density at radius 2 is 1.83 bits per heavy atom. The van der Waals surface area contributed by atoms with Crippen LogP contribution in [0.3, 0.4) is 0 Å². The summed E-state index contributed by atoms with van der Waals surface area (Å²) >= 11 is 0. The van der Waals surface area contributed by atoms with E-state index in [1.807, 2.05) is 18.2 Å². The fourth-order valence-corrected chi connectivity index (χ4v) is 6.61. The second kappa shape index (κ2) is 9.23. The molecule has 3 aliphatic rings. The lowest BCUT2D eigenvalue weighted by molar-refractivity contribution is -0.150. The minimum Gasteiger partial charge on any atom is -0.459 e. The molecule has 6 atom stereocenters. The fourth-order valence-electron chi connectivity index (χ4n) is 6.61. The van der Waals surface area contributed by atoms with Gasteiger partial charge in [-0.25, -0.2) is 4.79 Å². The second-order valence-corrected chi connectivity index (χ2v) is 11.7. The lowest BCUT2D eigenvalue weighted by Crippen LogP contribution is -2.50. The number of fused-ring (bicyclic) bond motifs is 5. The molecule has 0 saturated heterocycles. The van der Waals surface area contributed by atoms with Gasteiger partial charge in [0.15, 0.2) is 0 Å². The van der Waals surface area contributed by atoms with Crippen molar-refractivity contribution in [1.29, 1.82) is 0 Å². The largest absolute Gasteiger partial charge is 0.459 e. The minimum atomic E-state index is -1.28. The molecular formula is C29H36O7. The predicted molar refractivity (Wildman–Crippen MR) is 132 cm³/mol. The first-order chi connectivity index (χ1) is 16.8. The Morgan fingerprint density at radius 1 is 1.11 bits per heavy atom. The monoisotopic (exact) mass is 496 g/mol. The van der Waals surface area contributed by atoms with E-state index >= 15 is 0 Å². The quantitative estimate of drug-likeness (QED) is 0.279. The van der Waals surface area contributed by atoms with Gasteiger partial charge in [-0.2, -0.15) is 0 Å². The Kier molecular flexibility index (Phi) is 6.72. The third kappa shape index (κ3) is 4.52. The van der Waals surface area contributed by atoms with Crippen LogP contribution in [0.15, 0.2) is 18.2 Å². The van der Waals surface area contributed by atoms with Crippen LogP contribution in [0.4, 0.5) is 0 Å². The van der Waals surface area contributed by atoms with Crippen molar-refractivity contribution in [1.82, 2.24) is 0 Å². The number of aliphatic hydroxyl groups is 1. The van der Waals surface area contributed by atoms with Crippen LogP contribution >= 0.6 is 0 Å². The van der Waals surface area contributed by atoms with E-state index in [4.69, 9.17) is 9.47 Å². The van der Waals surface area contributed by atoms with Crippen molar-refractivity contribution in [3.8, 4) is 17.6 Å². The Balaban J connectivity index is 1.68. The van der Waals surface area contributed by atoms with Crippen LogP contribution < -0.4 is 4.74 Å². The van der Waals surface area contributed by atoms with Gasteiger partial charge < -0.3 is 19.3 Å². The summed E-state index contributed by atoms with van der Waals surface area (Å²) in [4.78, 5) is 36.1. The second-order valence-electron chi connectivity index (χ2n) is 11.7. The zero-order chi connectivity index (χ0) is 26.5. The molecule has 0 heterocycles. The smallest absolute Gasteiger partial charge is 0.384 e. The Hall–Kier alpha value is -2.85. The average molecular weight is 497 g/mol. The van der Waals surface area contributed by atoms with Crippen molar-refractivity contribution in [2.24, 2.45) is 22.7 Å². The summed E-state index contributed by atoms with van der Waals surface area (Å²) in [6.45, 7) is 8.88. The number of benzene rings is 1. The van der Waals surface area contributed by atoms with Gasteiger partial charge in [0.1, 0.15) is 17.5 Å². The molecule has 7 heteroatoms. The van der Waals surface area contributed by atoms with Gasteiger partial charge in [0, 0.05) is 18.3 Å². The molecule has 0 unspecified atom stereocenters. The van der Waals surface area contributed by atoms with Crippen molar-refractivity contribution in [2.45, 2.75) is 84.3 Å². The van der Waals surface area contributed by atoms with E-state index in [2.05, 4.69) is 23.5 Å². The van der Waals surface area contributed by atoms with Gasteiger partial charge >= 0.3 is 17.9 Å². The first-order valence-electron chi connectivity index (χ1n) is 12.7. The Labute approximate surface area is 212 Å². The Bertz CT molecular complexity index is 1140. The maximum atomic E-state index is 12.5. The van der Waals surface area contributed by atoms with Gasteiger partial charge in [-0.1, -0.05) is 18.9 Å². The number of methoxy groups -OCH3 is 1. The molecule has 2 fully saturated rings. The molecular weight excluding hydrogens is 460 g/mol. The van der Waals surface area contributed by atoms with Gasteiger partial charge in [-0.3, -0.25) is 9.59 Å². The van der Waals surface area contributed by atoms with Gasteiger partial charge in [-0.05, 0) is 93.9 Å². The topological polar surface area (TPSA) is 99.1 Å². The minimum absolute atomic E-state index is 0.151. The third-order valence-electron chi connectivity index (χ3n) is 8.57. The van der Waals surface area contributed by atoms with Crippen LogP contribution in [-0.4, -0.2) is 35.7 Å². The summed E-state index contributed by atoms with van der Waals surface area (Å²) < 4.78 is 16.1. The summed E-state index contributed by atoms with van der Waals surface area (Å²) in [5, 5.41) is 11.6. The molecule has 36 heavy (non-hydrogen) atoms. The van der Waals surface area contributed by atoms with Gasteiger partial charge in [-0.15, -0.1) is 0 Å². The highest BCUT2D eigenvalue weighted by atomic mass is 16.5. The molecule has 1 aromatic carbocycles. The van der Waals surface area contributed by atoms with E-state index in [0.29, 0.717) is 18.6 Å². The number of hydrogen-bond acceptors (Lipinski definition) is 7. The first kappa shape index (κ1) is 26.2. The molecule has 2 saturated carbocycles. The molecule has 0 aromatic heterocycles. The molecule has 0 radical (unpaired) electrons. The molecule has 0 bridgehead atoms. The highest BCUT2D eigenvalue weighted by Crippen LogP contribution is 2.65. The van der Waals surface area contributed by atoms with E-state index in [1.54, 1.807) is 20.8 Å². The summed E-state index contributed by atoms with van der Waals surface area (Å²) in [5.74, 6) is 4.94. The van der Waals surface area contributed by atoms with Crippen molar-refractivity contribution in [3.63, 3.8) is 0 Å². The number of esters is 3. The fraction of sp³-hybridized carbons (Fsp3) is 0.621. The van der Waals surface area contributed by atoms with Gasteiger partial charge in [0.2, 0.25) is 0 Å². The summed E-state index contributed by atoms with van der Waals surface area (Å²) in [7, 11) is 1.27. The number of rotatable bonds is 2. The highest BCUT2D eigenvalue weighted by molar-refractivity contribution is 5.88.